The van der Waals surface area contributed by atoms with Crippen molar-refractivity contribution in [1.82, 2.24) is 5.32 Å². The standard InChI is InChI=1S/C13H15BrFN/c1-3-6-12(16-9-4-2)10-7-5-8-11(15)13(10)14/h1,5,7-8,12,16H,4,6,9H2,2H3. The zero-order valence-electron chi connectivity index (χ0n) is 9.26. The Bertz CT molecular complexity index is 384. The van der Waals surface area contributed by atoms with Crippen molar-refractivity contribution in [2.75, 3.05) is 6.54 Å². The van der Waals surface area contributed by atoms with Crippen LogP contribution in [0.2, 0.25) is 0 Å². The van der Waals surface area contributed by atoms with Crippen LogP contribution in [-0.2, 0) is 0 Å². The normalized spacial score (nSPS) is 12.1. The predicted molar refractivity (Wildman–Crippen MR) is 68.6 cm³/mol. The van der Waals surface area contributed by atoms with Gasteiger partial charge in [-0.25, -0.2) is 4.39 Å². The van der Waals surface area contributed by atoms with Gasteiger partial charge in [-0.2, -0.15) is 0 Å². The molecule has 16 heavy (non-hydrogen) atoms. The smallest absolute Gasteiger partial charge is 0.137 e. The van der Waals surface area contributed by atoms with Gasteiger partial charge in [0, 0.05) is 12.5 Å². The summed E-state index contributed by atoms with van der Waals surface area (Å²) in [7, 11) is 0. The topological polar surface area (TPSA) is 12.0 Å². The molecule has 1 unspecified atom stereocenters. The van der Waals surface area contributed by atoms with Gasteiger partial charge in [-0.05, 0) is 40.5 Å². The first-order valence-corrected chi connectivity index (χ1v) is 6.10. The van der Waals surface area contributed by atoms with Crippen molar-refractivity contribution in [3.05, 3.63) is 34.1 Å². The molecule has 1 aromatic carbocycles. The van der Waals surface area contributed by atoms with E-state index >= 15 is 0 Å². The van der Waals surface area contributed by atoms with E-state index in [1.165, 1.54) is 6.07 Å². The summed E-state index contributed by atoms with van der Waals surface area (Å²) < 4.78 is 13.9. The van der Waals surface area contributed by atoms with Gasteiger partial charge in [0.15, 0.2) is 0 Å². The third-order valence-corrected chi connectivity index (χ3v) is 3.16. The van der Waals surface area contributed by atoms with Crippen molar-refractivity contribution in [2.24, 2.45) is 0 Å². The molecule has 0 amide bonds. The van der Waals surface area contributed by atoms with E-state index < -0.39 is 0 Å². The highest BCUT2D eigenvalue weighted by Gasteiger charge is 2.14. The Morgan fingerprint density at radius 2 is 2.31 bits per heavy atom. The van der Waals surface area contributed by atoms with Crippen molar-refractivity contribution in [1.29, 1.82) is 0 Å². The molecule has 0 fully saturated rings. The Morgan fingerprint density at radius 3 is 2.94 bits per heavy atom. The maximum absolute atomic E-state index is 13.4. The monoisotopic (exact) mass is 283 g/mol. The lowest BCUT2D eigenvalue weighted by Gasteiger charge is -2.18. The van der Waals surface area contributed by atoms with E-state index in [2.05, 4.69) is 34.1 Å². The van der Waals surface area contributed by atoms with Crippen molar-refractivity contribution in [3.63, 3.8) is 0 Å². The van der Waals surface area contributed by atoms with Crippen molar-refractivity contribution in [3.8, 4) is 12.3 Å². The van der Waals surface area contributed by atoms with Crippen LogP contribution in [0.15, 0.2) is 22.7 Å². The van der Waals surface area contributed by atoms with Gasteiger partial charge in [0.05, 0.1) is 4.47 Å². The van der Waals surface area contributed by atoms with E-state index in [9.17, 15) is 4.39 Å². The van der Waals surface area contributed by atoms with E-state index in [4.69, 9.17) is 6.42 Å². The fraction of sp³-hybridized carbons (Fsp3) is 0.385. The first kappa shape index (κ1) is 13.2. The predicted octanol–water partition coefficient (Wildman–Crippen LogP) is 3.65. The molecule has 86 valence electrons. The third-order valence-electron chi connectivity index (χ3n) is 2.32. The Kier molecular flexibility index (Phi) is 5.51. The summed E-state index contributed by atoms with van der Waals surface area (Å²) in [6, 6.07) is 5.03. The minimum Gasteiger partial charge on any atom is -0.309 e. The highest BCUT2D eigenvalue weighted by Crippen LogP contribution is 2.27. The van der Waals surface area contributed by atoms with Gasteiger partial charge in [-0.15, -0.1) is 12.3 Å². The first-order valence-electron chi connectivity index (χ1n) is 5.31. The molecule has 0 aliphatic carbocycles. The van der Waals surface area contributed by atoms with Gasteiger partial charge in [-0.3, -0.25) is 0 Å². The summed E-state index contributed by atoms with van der Waals surface area (Å²) in [6.07, 6.45) is 6.91. The molecular weight excluding hydrogens is 269 g/mol. The molecule has 0 bridgehead atoms. The Hall–Kier alpha value is -0.850. The van der Waals surface area contributed by atoms with E-state index in [1.807, 2.05) is 6.07 Å². The summed E-state index contributed by atoms with van der Waals surface area (Å²) in [4.78, 5) is 0. The lowest BCUT2D eigenvalue weighted by Crippen LogP contribution is -2.22. The molecule has 0 heterocycles. The maximum atomic E-state index is 13.4. The third kappa shape index (κ3) is 3.33. The number of benzene rings is 1. The Morgan fingerprint density at radius 1 is 1.56 bits per heavy atom. The van der Waals surface area contributed by atoms with E-state index in [0.717, 1.165) is 18.5 Å². The number of hydrogen-bond donors (Lipinski definition) is 1. The summed E-state index contributed by atoms with van der Waals surface area (Å²) in [5.74, 6) is 2.36. The van der Waals surface area contributed by atoms with E-state index in [0.29, 0.717) is 10.9 Å². The summed E-state index contributed by atoms with van der Waals surface area (Å²) in [6.45, 7) is 2.95. The number of halogens is 2. The minimum absolute atomic E-state index is 0.00928. The van der Waals surface area contributed by atoms with Crippen molar-refractivity contribution < 1.29 is 4.39 Å². The molecule has 3 heteroatoms. The summed E-state index contributed by atoms with van der Waals surface area (Å²) >= 11 is 3.26. The van der Waals surface area contributed by atoms with Crippen LogP contribution < -0.4 is 5.32 Å². The largest absolute Gasteiger partial charge is 0.309 e. The quantitative estimate of drug-likeness (QED) is 0.814. The second kappa shape index (κ2) is 6.67. The molecule has 0 aliphatic heterocycles. The van der Waals surface area contributed by atoms with Gasteiger partial charge in [0.2, 0.25) is 0 Å². The average molecular weight is 284 g/mol. The summed E-state index contributed by atoms with van der Waals surface area (Å²) in [5.41, 5.74) is 0.881. The van der Waals surface area contributed by atoms with Gasteiger partial charge in [0.1, 0.15) is 5.82 Å². The Labute approximate surface area is 105 Å². The van der Waals surface area contributed by atoms with Crippen LogP contribution in [0.5, 0.6) is 0 Å². The lowest BCUT2D eigenvalue weighted by molar-refractivity contribution is 0.533. The Balaban J connectivity index is 2.92. The highest BCUT2D eigenvalue weighted by atomic mass is 79.9. The molecule has 0 saturated carbocycles. The van der Waals surface area contributed by atoms with Crippen LogP contribution in [-0.4, -0.2) is 6.54 Å². The summed E-state index contributed by atoms with van der Waals surface area (Å²) in [5, 5.41) is 3.32. The number of rotatable bonds is 5. The molecule has 0 spiro atoms. The molecule has 1 N–H and O–H groups in total. The van der Waals surface area contributed by atoms with Crippen LogP contribution in [0.1, 0.15) is 31.4 Å². The lowest BCUT2D eigenvalue weighted by atomic mass is 10.0. The van der Waals surface area contributed by atoms with Crippen molar-refractivity contribution >= 4 is 15.9 Å². The number of terminal acetylenes is 1. The molecule has 0 aromatic heterocycles. The molecule has 0 saturated heterocycles. The van der Waals surface area contributed by atoms with Gasteiger partial charge >= 0.3 is 0 Å². The molecular formula is C13H15BrFN. The molecule has 0 aliphatic rings. The second-order valence-corrected chi connectivity index (χ2v) is 4.35. The molecule has 1 rings (SSSR count). The first-order chi connectivity index (χ1) is 7.70. The number of nitrogens with one attached hydrogen (secondary N) is 1. The minimum atomic E-state index is -0.252. The average Bonchev–Trinajstić information content (AvgIpc) is 2.28. The zero-order chi connectivity index (χ0) is 12.0. The zero-order valence-corrected chi connectivity index (χ0v) is 10.8. The van der Waals surface area contributed by atoms with Crippen LogP contribution >= 0.6 is 15.9 Å². The van der Waals surface area contributed by atoms with Crippen molar-refractivity contribution in [2.45, 2.75) is 25.8 Å². The molecule has 1 aromatic rings. The van der Waals surface area contributed by atoms with Crippen LogP contribution in [0.25, 0.3) is 0 Å². The van der Waals surface area contributed by atoms with Gasteiger partial charge in [-0.1, -0.05) is 19.1 Å². The van der Waals surface area contributed by atoms with Crippen LogP contribution in [0.3, 0.4) is 0 Å². The highest BCUT2D eigenvalue weighted by molar-refractivity contribution is 9.10. The molecule has 1 nitrogen and oxygen atoms in total. The molecule has 0 radical (unpaired) electrons. The van der Waals surface area contributed by atoms with E-state index in [-0.39, 0.29) is 11.9 Å². The van der Waals surface area contributed by atoms with Gasteiger partial charge in [0.25, 0.3) is 0 Å². The fourth-order valence-electron chi connectivity index (χ4n) is 1.52. The van der Waals surface area contributed by atoms with E-state index in [1.54, 1.807) is 6.07 Å². The SMILES string of the molecule is C#CCC(NCCC)c1cccc(F)c1Br. The molecule has 1 atom stereocenters. The van der Waals surface area contributed by atoms with Crippen LogP contribution in [0.4, 0.5) is 4.39 Å². The second-order valence-electron chi connectivity index (χ2n) is 3.56. The number of hydrogen-bond acceptors (Lipinski definition) is 1. The van der Waals surface area contributed by atoms with Crippen LogP contribution in [0, 0.1) is 18.2 Å². The van der Waals surface area contributed by atoms with Gasteiger partial charge < -0.3 is 5.32 Å². The fourth-order valence-corrected chi connectivity index (χ4v) is 2.06. The maximum Gasteiger partial charge on any atom is 0.137 e.